The van der Waals surface area contributed by atoms with Gasteiger partial charge in [0.2, 0.25) is 0 Å². The Morgan fingerprint density at radius 1 is 1.00 bits per heavy atom. The fourth-order valence-electron chi connectivity index (χ4n) is 1.25. The maximum atomic E-state index is 11.4. The van der Waals surface area contributed by atoms with Crippen molar-refractivity contribution in [2.24, 2.45) is 0 Å². The lowest BCUT2D eigenvalue weighted by molar-refractivity contribution is 0.0580. The van der Waals surface area contributed by atoms with Gasteiger partial charge in [-0.2, -0.15) is 0 Å². The van der Waals surface area contributed by atoms with Crippen LogP contribution in [0.5, 0.6) is 0 Å². The van der Waals surface area contributed by atoms with Crippen LogP contribution < -0.4 is 0 Å². The summed E-state index contributed by atoms with van der Waals surface area (Å²) >= 11 is 0. The fraction of sp³-hybridized carbons (Fsp3) is 0.182. The van der Waals surface area contributed by atoms with Gasteiger partial charge in [-0.15, -0.1) is 0 Å². The number of carboxylic acid groups (broad SMARTS) is 1. The van der Waals surface area contributed by atoms with E-state index in [0.29, 0.717) is 0 Å². The van der Waals surface area contributed by atoms with E-state index in [9.17, 15) is 14.4 Å². The Morgan fingerprint density at radius 2 is 1.59 bits per heavy atom. The van der Waals surface area contributed by atoms with Crippen molar-refractivity contribution in [2.45, 2.75) is 0 Å². The molecule has 17 heavy (non-hydrogen) atoms. The molecule has 0 aliphatic rings. The van der Waals surface area contributed by atoms with Crippen molar-refractivity contribution in [3.63, 3.8) is 0 Å². The van der Waals surface area contributed by atoms with Crippen LogP contribution in [0, 0.1) is 0 Å². The number of carboxylic acids is 1. The molecule has 0 saturated heterocycles. The summed E-state index contributed by atoms with van der Waals surface area (Å²) in [6.07, 6.45) is 0. The first-order valence-corrected chi connectivity index (χ1v) is 4.55. The van der Waals surface area contributed by atoms with Crippen molar-refractivity contribution in [3.8, 4) is 0 Å². The van der Waals surface area contributed by atoms with Crippen LogP contribution in [0.15, 0.2) is 18.2 Å². The number of hydrogen-bond donors (Lipinski definition) is 1. The highest BCUT2D eigenvalue weighted by molar-refractivity contribution is 6.04. The number of benzene rings is 1. The van der Waals surface area contributed by atoms with Crippen LogP contribution in [0.4, 0.5) is 0 Å². The molecule has 0 heterocycles. The Bertz CT molecular complexity index is 477. The molecule has 0 amide bonds. The van der Waals surface area contributed by atoms with E-state index in [2.05, 4.69) is 9.47 Å². The molecule has 0 aliphatic heterocycles. The van der Waals surface area contributed by atoms with Gasteiger partial charge >= 0.3 is 17.9 Å². The van der Waals surface area contributed by atoms with Crippen LogP contribution in [-0.2, 0) is 9.47 Å². The quantitative estimate of drug-likeness (QED) is 0.788. The van der Waals surface area contributed by atoms with E-state index in [4.69, 9.17) is 5.11 Å². The van der Waals surface area contributed by atoms with E-state index in [-0.39, 0.29) is 16.7 Å². The minimum absolute atomic E-state index is 0.0814. The number of esters is 2. The molecule has 90 valence electrons. The molecule has 0 bridgehead atoms. The molecule has 0 aromatic heterocycles. The molecule has 1 N–H and O–H groups in total. The Morgan fingerprint density at radius 3 is 2.06 bits per heavy atom. The summed E-state index contributed by atoms with van der Waals surface area (Å²) in [5.74, 6) is -2.76. The van der Waals surface area contributed by atoms with Gasteiger partial charge in [0.05, 0.1) is 30.9 Å². The van der Waals surface area contributed by atoms with Crippen LogP contribution in [0.3, 0.4) is 0 Å². The lowest BCUT2D eigenvalue weighted by Gasteiger charge is -2.06. The highest BCUT2D eigenvalue weighted by atomic mass is 16.5. The van der Waals surface area contributed by atoms with E-state index in [1.807, 2.05) is 0 Å². The van der Waals surface area contributed by atoms with Gasteiger partial charge in [0.25, 0.3) is 0 Å². The number of aromatic carboxylic acids is 1. The summed E-state index contributed by atoms with van der Waals surface area (Å²) < 4.78 is 8.91. The van der Waals surface area contributed by atoms with Gasteiger partial charge in [0, 0.05) is 0 Å². The molecule has 0 unspecified atom stereocenters. The van der Waals surface area contributed by atoms with E-state index >= 15 is 0 Å². The van der Waals surface area contributed by atoms with Gasteiger partial charge < -0.3 is 14.6 Å². The van der Waals surface area contributed by atoms with E-state index in [0.717, 1.165) is 19.2 Å². The van der Waals surface area contributed by atoms with Crippen LogP contribution in [0.25, 0.3) is 0 Å². The molecule has 1 aromatic rings. The highest BCUT2D eigenvalue weighted by Crippen LogP contribution is 2.14. The molecule has 6 heteroatoms. The Balaban J connectivity index is 3.34. The zero-order valence-electron chi connectivity index (χ0n) is 9.22. The number of rotatable bonds is 3. The van der Waals surface area contributed by atoms with Crippen molar-refractivity contribution in [1.82, 2.24) is 0 Å². The van der Waals surface area contributed by atoms with Crippen LogP contribution >= 0.6 is 0 Å². The lowest BCUT2D eigenvalue weighted by Crippen LogP contribution is -2.12. The van der Waals surface area contributed by atoms with Crippen molar-refractivity contribution in [1.29, 1.82) is 0 Å². The third-order valence-corrected chi connectivity index (χ3v) is 2.08. The molecular formula is C11H10O6. The Hall–Kier alpha value is -2.37. The average Bonchev–Trinajstić information content (AvgIpc) is 2.35. The minimum atomic E-state index is -1.28. The van der Waals surface area contributed by atoms with Gasteiger partial charge in [-0.25, -0.2) is 14.4 Å². The molecule has 0 fully saturated rings. The zero-order chi connectivity index (χ0) is 13.0. The number of hydrogen-bond acceptors (Lipinski definition) is 5. The first-order valence-electron chi connectivity index (χ1n) is 4.55. The molecule has 0 spiro atoms. The first kappa shape index (κ1) is 12.7. The van der Waals surface area contributed by atoms with Gasteiger partial charge in [-0.05, 0) is 18.2 Å². The van der Waals surface area contributed by atoms with Crippen molar-refractivity contribution in [2.75, 3.05) is 14.2 Å². The maximum absolute atomic E-state index is 11.4. The lowest BCUT2D eigenvalue weighted by atomic mass is 10.0. The van der Waals surface area contributed by atoms with E-state index in [1.54, 1.807) is 0 Å². The number of ether oxygens (including phenoxy) is 2. The minimum Gasteiger partial charge on any atom is -0.478 e. The molecule has 1 rings (SSSR count). The predicted molar refractivity (Wildman–Crippen MR) is 56.1 cm³/mol. The highest BCUT2D eigenvalue weighted by Gasteiger charge is 2.19. The average molecular weight is 238 g/mol. The van der Waals surface area contributed by atoms with Crippen molar-refractivity contribution < 1.29 is 29.0 Å². The number of methoxy groups -OCH3 is 2. The largest absolute Gasteiger partial charge is 0.478 e. The molecular weight excluding hydrogens is 228 g/mol. The maximum Gasteiger partial charge on any atom is 0.338 e. The van der Waals surface area contributed by atoms with Crippen LogP contribution in [0.1, 0.15) is 31.1 Å². The third-order valence-electron chi connectivity index (χ3n) is 2.08. The second-order valence-electron chi connectivity index (χ2n) is 3.05. The first-order chi connectivity index (χ1) is 8.01. The standard InChI is InChI=1S/C11H10O6/c1-16-10(14)6-3-4-7(9(12)13)8(5-6)11(15)17-2/h3-5H,1-2H3,(H,12,13). The van der Waals surface area contributed by atoms with Crippen LogP contribution in [0.2, 0.25) is 0 Å². The van der Waals surface area contributed by atoms with Crippen LogP contribution in [-0.4, -0.2) is 37.2 Å². The second kappa shape index (κ2) is 5.11. The van der Waals surface area contributed by atoms with Gasteiger partial charge in [-0.1, -0.05) is 0 Å². The molecule has 0 radical (unpaired) electrons. The van der Waals surface area contributed by atoms with Crippen molar-refractivity contribution in [3.05, 3.63) is 34.9 Å². The summed E-state index contributed by atoms with van der Waals surface area (Å²) in [6, 6.07) is 3.55. The topological polar surface area (TPSA) is 89.9 Å². The molecule has 1 aromatic carbocycles. The summed E-state index contributed by atoms with van der Waals surface area (Å²) in [5, 5.41) is 8.87. The summed E-state index contributed by atoms with van der Waals surface area (Å²) in [4.78, 5) is 33.5. The fourth-order valence-corrected chi connectivity index (χ4v) is 1.25. The summed E-state index contributed by atoms with van der Waals surface area (Å²) in [6.45, 7) is 0. The van der Waals surface area contributed by atoms with E-state index in [1.165, 1.54) is 13.2 Å². The van der Waals surface area contributed by atoms with Gasteiger partial charge in [0.1, 0.15) is 0 Å². The number of carbonyl (C=O) groups excluding carboxylic acids is 2. The van der Waals surface area contributed by atoms with Crippen molar-refractivity contribution >= 4 is 17.9 Å². The Kier molecular flexibility index (Phi) is 3.82. The normalized spacial score (nSPS) is 9.53. The zero-order valence-corrected chi connectivity index (χ0v) is 9.22. The summed E-state index contributed by atoms with van der Waals surface area (Å²) in [5.41, 5.74) is -0.342. The second-order valence-corrected chi connectivity index (χ2v) is 3.05. The SMILES string of the molecule is COC(=O)c1ccc(C(=O)O)c(C(=O)OC)c1. The molecule has 0 aliphatic carbocycles. The monoisotopic (exact) mass is 238 g/mol. The van der Waals surface area contributed by atoms with Gasteiger partial charge in [0.15, 0.2) is 0 Å². The van der Waals surface area contributed by atoms with E-state index < -0.39 is 17.9 Å². The van der Waals surface area contributed by atoms with Gasteiger partial charge in [-0.3, -0.25) is 0 Å². The molecule has 6 nitrogen and oxygen atoms in total. The Labute approximate surface area is 96.8 Å². The third kappa shape index (κ3) is 2.60. The predicted octanol–water partition coefficient (Wildman–Crippen LogP) is 0.958. The number of carbonyl (C=O) groups is 3. The molecule has 0 atom stereocenters. The molecule has 0 saturated carbocycles. The smallest absolute Gasteiger partial charge is 0.338 e. The summed E-state index contributed by atoms with van der Waals surface area (Å²) in [7, 11) is 2.31.